The van der Waals surface area contributed by atoms with Crippen LogP contribution in [0.4, 0.5) is 13.2 Å². The van der Waals surface area contributed by atoms with Crippen LogP contribution in [0.3, 0.4) is 0 Å². The van der Waals surface area contributed by atoms with Gasteiger partial charge in [-0.1, -0.05) is 41.9 Å². The van der Waals surface area contributed by atoms with Crippen molar-refractivity contribution in [2.24, 2.45) is 0 Å². The molecule has 33 heavy (non-hydrogen) atoms. The number of carbonyl (C=O) groups is 2. The van der Waals surface area contributed by atoms with E-state index in [2.05, 4.69) is 4.74 Å². The van der Waals surface area contributed by atoms with Crippen molar-refractivity contribution in [1.29, 1.82) is 0 Å². The van der Waals surface area contributed by atoms with Crippen LogP contribution >= 0.6 is 11.6 Å². The molecule has 2 aromatic carbocycles. The van der Waals surface area contributed by atoms with Gasteiger partial charge in [0.2, 0.25) is 5.91 Å². The van der Waals surface area contributed by atoms with E-state index in [1.807, 2.05) is 18.2 Å². The fourth-order valence-electron chi connectivity index (χ4n) is 5.44. The number of piperidine rings is 1. The minimum absolute atomic E-state index is 0.116. The van der Waals surface area contributed by atoms with Gasteiger partial charge < -0.3 is 14.4 Å². The van der Waals surface area contributed by atoms with Crippen LogP contribution in [0.25, 0.3) is 0 Å². The van der Waals surface area contributed by atoms with Crippen LogP contribution in [-0.4, -0.2) is 36.0 Å². The highest BCUT2D eigenvalue weighted by Gasteiger charge is 2.47. The Labute approximate surface area is 195 Å². The molecular weight excluding hydrogens is 455 g/mol. The number of fused-ring (bicyclic) bond motifs is 2. The molecule has 1 heterocycles. The molecule has 2 aliphatic rings. The molecule has 0 bridgehead atoms. The lowest BCUT2D eigenvalue weighted by molar-refractivity contribution is -0.274. The van der Waals surface area contributed by atoms with E-state index in [-0.39, 0.29) is 40.8 Å². The normalized spacial score (nSPS) is 19.4. The maximum absolute atomic E-state index is 12.9. The number of amides is 1. The highest BCUT2D eigenvalue weighted by Crippen LogP contribution is 2.55. The monoisotopic (exact) mass is 479 g/mol. The molecule has 1 aliphatic carbocycles. The molecule has 0 N–H and O–H groups in total. The van der Waals surface area contributed by atoms with Crippen molar-refractivity contribution in [1.82, 2.24) is 4.90 Å². The van der Waals surface area contributed by atoms with Crippen LogP contribution in [0.1, 0.15) is 55.2 Å². The summed E-state index contributed by atoms with van der Waals surface area (Å²) in [5.74, 6) is -0.337. The molecule has 4 nitrogen and oxygen atoms in total. The Hall–Kier alpha value is -2.54. The lowest BCUT2D eigenvalue weighted by atomic mass is 9.73. The molecule has 2 aromatic rings. The number of Topliss-reactive ketones (excluding diaryl/α,β-unsaturated/α-hetero) is 1. The van der Waals surface area contributed by atoms with Crippen LogP contribution in [0.15, 0.2) is 42.5 Å². The van der Waals surface area contributed by atoms with Gasteiger partial charge in [-0.3, -0.25) is 4.79 Å². The molecule has 4 rings (SSSR count). The second kappa shape index (κ2) is 9.01. The number of hydrogen-bond donors (Lipinski definition) is 0. The molecule has 1 saturated heterocycles. The van der Waals surface area contributed by atoms with Gasteiger partial charge in [-0.2, -0.15) is 0 Å². The number of ether oxygens (including phenoxy) is 1. The Morgan fingerprint density at radius 1 is 1.12 bits per heavy atom. The van der Waals surface area contributed by atoms with Crippen LogP contribution in [0.2, 0.25) is 5.02 Å². The topological polar surface area (TPSA) is 46.6 Å². The van der Waals surface area contributed by atoms with Gasteiger partial charge in [0, 0.05) is 35.5 Å². The Morgan fingerprint density at radius 3 is 2.48 bits per heavy atom. The molecule has 8 heteroatoms. The van der Waals surface area contributed by atoms with E-state index in [1.54, 1.807) is 17.9 Å². The molecule has 176 valence electrons. The predicted octanol–water partition coefficient (Wildman–Crippen LogP) is 5.81. The van der Waals surface area contributed by atoms with Gasteiger partial charge in [-0.25, -0.2) is 0 Å². The number of alkyl halides is 3. The highest BCUT2D eigenvalue weighted by molar-refractivity contribution is 6.31. The molecule has 1 spiro atoms. The number of ketones is 1. The zero-order valence-corrected chi connectivity index (χ0v) is 19.0. The van der Waals surface area contributed by atoms with Crippen molar-refractivity contribution in [2.75, 3.05) is 13.1 Å². The Morgan fingerprint density at radius 2 is 1.82 bits per heavy atom. The first-order valence-corrected chi connectivity index (χ1v) is 11.4. The molecule has 0 saturated carbocycles. The number of hydrogen-bond acceptors (Lipinski definition) is 3. The first-order valence-electron chi connectivity index (χ1n) is 11.0. The lowest BCUT2D eigenvalue weighted by Gasteiger charge is -2.41. The van der Waals surface area contributed by atoms with Crippen molar-refractivity contribution >= 4 is 23.3 Å². The maximum atomic E-state index is 12.9. The van der Waals surface area contributed by atoms with Crippen LogP contribution in [-0.2, 0) is 21.4 Å². The van der Waals surface area contributed by atoms with Gasteiger partial charge in [-0.05, 0) is 55.4 Å². The first kappa shape index (κ1) is 23.6. The number of likely N-dealkylation sites (tertiary alicyclic amines) is 1. The molecular formula is C25H25ClF3NO3. The molecule has 1 aliphatic heterocycles. The van der Waals surface area contributed by atoms with E-state index in [4.69, 9.17) is 11.6 Å². The molecule has 1 amide bonds. The summed E-state index contributed by atoms with van der Waals surface area (Å²) in [7, 11) is 0. The summed E-state index contributed by atoms with van der Waals surface area (Å²) in [5, 5.41) is 0.691. The van der Waals surface area contributed by atoms with Crippen molar-refractivity contribution in [3.8, 4) is 5.75 Å². The van der Waals surface area contributed by atoms with Gasteiger partial charge in [0.25, 0.3) is 0 Å². The standard InChI is InChI=1S/C25H25ClF3NO3/c1-16(31)13-18-15-24(23-19(18)6-4-7-20(23)26)9-11-30(12-10-24)22(32)14-17-5-2-3-8-21(17)33-25(27,28)29/h2-8,18H,9-15H2,1H3. The minimum Gasteiger partial charge on any atom is -0.405 e. The van der Waals surface area contributed by atoms with Crippen molar-refractivity contribution < 1.29 is 27.5 Å². The highest BCUT2D eigenvalue weighted by atomic mass is 35.5. The molecule has 0 aromatic heterocycles. The van der Waals surface area contributed by atoms with E-state index in [0.717, 1.165) is 17.5 Å². The SMILES string of the molecule is CC(=O)CC1CC2(CCN(C(=O)Cc3ccccc3OC(F)(F)F)CC2)c2c(Cl)cccc21. The largest absolute Gasteiger partial charge is 0.573 e. The Kier molecular flexibility index (Phi) is 6.45. The second-order valence-electron chi connectivity index (χ2n) is 9.00. The summed E-state index contributed by atoms with van der Waals surface area (Å²) in [5.41, 5.74) is 2.22. The summed E-state index contributed by atoms with van der Waals surface area (Å²) in [6.45, 7) is 2.56. The summed E-state index contributed by atoms with van der Waals surface area (Å²) >= 11 is 6.60. The van der Waals surface area contributed by atoms with Gasteiger partial charge in [0.1, 0.15) is 11.5 Å². The average molecular weight is 480 g/mol. The smallest absolute Gasteiger partial charge is 0.405 e. The van der Waals surface area contributed by atoms with Gasteiger partial charge in [0.05, 0.1) is 6.42 Å². The first-order chi connectivity index (χ1) is 15.6. The zero-order valence-electron chi connectivity index (χ0n) is 18.3. The molecule has 1 fully saturated rings. The van der Waals surface area contributed by atoms with E-state index in [9.17, 15) is 22.8 Å². The minimum atomic E-state index is -4.82. The van der Waals surface area contributed by atoms with Crippen LogP contribution in [0, 0.1) is 0 Å². The fraction of sp³-hybridized carbons (Fsp3) is 0.440. The van der Waals surface area contributed by atoms with Gasteiger partial charge in [-0.15, -0.1) is 13.2 Å². The molecule has 1 unspecified atom stereocenters. The van der Waals surface area contributed by atoms with E-state index < -0.39 is 6.36 Å². The summed E-state index contributed by atoms with van der Waals surface area (Å²) in [6, 6.07) is 11.5. The summed E-state index contributed by atoms with van der Waals surface area (Å²) < 4.78 is 42.2. The molecule has 0 radical (unpaired) electrons. The lowest BCUT2D eigenvalue weighted by Crippen LogP contribution is -2.45. The summed E-state index contributed by atoms with van der Waals surface area (Å²) in [6.07, 6.45) is -2.30. The van der Waals surface area contributed by atoms with Crippen molar-refractivity contribution in [3.05, 3.63) is 64.2 Å². The Balaban J connectivity index is 1.48. The van der Waals surface area contributed by atoms with Gasteiger partial charge >= 0.3 is 6.36 Å². The average Bonchev–Trinajstić information content (AvgIpc) is 3.02. The van der Waals surface area contributed by atoms with Crippen LogP contribution < -0.4 is 4.74 Å². The molecule has 1 atom stereocenters. The van der Waals surface area contributed by atoms with Crippen LogP contribution in [0.5, 0.6) is 5.75 Å². The van der Waals surface area contributed by atoms with Crippen molar-refractivity contribution in [3.63, 3.8) is 0 Å². The third kappa shape index (κ3) is 5.03. The van der Waals surface area contributed by atoms with Gasteiger partial charge in [0.15, 0.2) is 0 Å². The number of carbonyl (C=O) groups excluding carboxylic acids is 2. The Bertz CT molecular complexity index is 1060. The van der Waals surface area contributed by atoms with E-state index in [1.165, 1.54) is 18.2 Å². The third-order valence-electron chi connectivity index (χ3n) is 6.80. The summed E-state index contributed by atoms with van der Waals surface area (Å²) in [4.78, 5) is 26.5. The zero-order chi connectivity index (χ0) is 23.8. The third-order valence-corrected chi connectivity index (χ3v) is 7.12. The van der Waals surface area contributed by atoms with E-state index >= 15 is 0 Å². The fourth-order valence-corrected chi connectivity index (χ4v) is 5.82. The second-order valence-corrected chi connectivity index (χ2v) is 9.41. The number of rotatable bonds is 5. The maximum Gasteiger partial charge on any atom is 0.573 e. The number of benzene rings is 2. The van der Waals surface area contributed by atoms with E-state index in [0.29, 0.717) is 37.4 Å². The predicted molar refractivity (Wildman–Crippen MR) is 118 cm³/mol. The number of halogens is 4. The number of nitrogens with zero attached hydrogens (tertiary/aromatic N) is 1. The number of para-hydroxylation sites is 1. The van der Waals surface area contributed by atoms with Crippen molar-refractivity contribution in [2.45, 2.75) is 56.7 Å². The quantitative estimate of drug-likeness (QED) is 0.544.